The molecule has 4 heteroatoms. The monoisotopic (exact) mass is 302 g/mol. The number of hydrogen-bond acceptors (Lipinski definition) is 4. The summed E-state index contributed by atoms with van der Waals surface area (Å²) in [6.07, 6.45) is 13.5. The Hall–Kier alpha value is -0.450. The third-order valence-corrected chi connectivity index (χ3v) is 4.05. The second kappa shape index (κ2) is 13.2. The second-order valence-corrected chi connectivity index (χ2v) is 6.06. The molecule has 0 aromatic carbocycles. The quantitative estimate of drug-likeness (QED) is 0.406. The summed E-state index contributed by atoms with van der Waals surface area (Å²) in [6.45, 7) is 0.813. The second-order valence-electron chi connectivity index (χ2n) is 6.06. The summed E-state index contributed by atoms with van der Waals surface area (Å²) < 4.78 is 0. The summed E-state index contributed by atoms with van der Waals surface area (Å²) in [5.41, 5.74) is -1.95. The SMILES string of the molecule is CCCCCCCCCCCCCC(=O)C(O)(CO)CO. The molecule has 0 aliphatic carbocycles. The minimum absolute atomic E-state index is 0.231. The molecule has 0 heterocycles. The van der Waals surface area contributed by atoms with E-state index in [9.17, 15) is 9.90 Å². The third-order valence-electron chi connectivity index (χ3n) is 4.05. The zero-order valence-corrected chi connectivity index (χ0v) is 13.6. The summed E-state index contributed by atoms with van der Waals surface area (Å²) in [6, 6.07) is 0. The van der Waals surface area contributed by atoms with Crippen LogP contribution in [-0.2, 0) is 4.79 Å². The molecule has 0 amide bonds. The summed E-state index contributed by atoms with van der Waals surface area (Å²) in [5, 5.41) is 27.4. The van der Waals surface area contributed by atoms with Gasteiger partial charge in [-0.05, 0) is 6.42 Å². The summed E-state index contributed by atoms with van der Waals surface area (Å²) >= 11 is 0. The van der Waals surface area contributed by atoms with Crippen LogP contribution in [0.15, 0.2) is 0 Å². The van der Waals surface area contributed by atoms with E-state index in [2.05, 4.69) is 6.92 Å². The Balaban J connectivity index is 3.38. The lowest BCUT2D eigenvalue weighted by Gasteiger charge is -2.21. The summed E-state index contributed by atoms with van der Waals surface area (Å²) in [4.78, 5) is 11.6. The number of ketones is 1. The molecular formula is C17H34O4. The van der Waals surface area contributed by atoms with Crippen LogP contribution in [-0.4, -0.2) is 39.9 Å². The van der Waals surface area contributed by atoms with Crippen LogP contribution in [0, 0.1) is 0 Å². The zero-order valence-electron chi connectivity index (χ0n) is 13.6. The molecule has 0 aromatic rings. The Morgan fingerprint density at radius 1 is 0.762 bits per heavy atom. The Kier molecular flexibility index (Phi) is 12.9. The van der Waals surface area contributed by atoms with Crippen LogP contribution in [0.25, 0.3) is 0 Å². The highest BCUT2D eigenvalue weighted by Crippen LogP contribution is 2.14. The van der Waals surface area contributed by atoms with Gasteiger partial charge >= 0.3 is 0 Å². The molecule has 126 valence electrons. The standard InChI is InChI=1S/C17H34O4/c1-2-3-4-5-6-7-8-9-10-11-12-13-16(20)17(21,14-18)15-19/h18-19,21H,2-15H2,1H3. The lowest BCUT2D eigenvalue weighted by molar-refractivity contribution is -0.146. The fourth-order valence-electron chi connectivity index (χ4n) is 2.41. The molecule has 0 atom stereocenters. The predicted octanol–water partition coefficient (Wildman–Crippen LogP) is 2.97. The maximum Gasteiger partial charge on any atom is 0.169 e. The molecule has 0 spiro atoms. The molecule has 0 aliphatic heterocycles. The van der Waals surface area contributed by atoms with E-state index in [-0.39, 0.29) is 6.42 Å². The molecule has 0 saturated carbocycles. The first kappa shape index (κ1) is 20.6. The van der Waals surface area contributed by atoms with Crippen LogP contribution >= 0.6 is 0 Å². The molecule has 3 N–H and O–H groups in total. The van der Waals surface area contributed by atoms with E-state index in [1.165, 1.54) is 51.4 Å². The van der Waals surface area contributed by atoms with Crippen LogP contribution in [0.2, 0.25) is 0 Å². The molecule has 21 heavy (non-hydrogen) atoms. The Labute approximate surface area is 129 Å². The van der Waals surface area contributed by atoms with Gasteiger partial charge in [0.2, 0.25) is 0 Å². The van der Waals surface area contributed by atoms with Gasteiger partial charge in [0.1, 0.15) is 0 Å². The van der Waals surface area contributed by atoms with Gasteiger partial charge in [-0.25, -0.2) is 0 Å². The lowest BCUT2D eigenvalue weighted by atomic mass is 9.95. The number of carbonyl (C=O) groups is 1. The molecule has 0 unspecified atom stereocenters. The molecule has 4 nitrogen and oxygen atoms in total. The van der Waals surface area contributed by atoms with Gasteiger partial charge in [-0.15, -0.1) is 0 Å². The van der Waals surface area contributed by atoms with E-state index in [1.807, 2.05) is 0 Å². The Morgan fingerprint density at radius 3 is 1.52 bits per heavy atom. The van der Waals surface area contributed by atoms with E-state index in [1.54, 1.807) is 0 Å². The van der Waals surface area contributed by atoms with Crippen molar-refractivity contribution in [3.8, 4) is 0 Å². The molecule has 0 bridgehead atoms. The number of aliphatic hydroxyl groups is 3. The highest BCUT2D eigenvalue weighted by atomic mass is 16.4. The average Bonchev–Trinajstić information content (AvgIpc) is 2.51. The van der Waals surface area contributed by atoms with E-state index in [0.717, 1.165) is 19.3 Å². The first-order valence-corrected chi connectivity index (χ1v) is 8.58. The molecule has 0 saturated heterocycles. The Bertz CT molecular complexity index is 249. The smallest absolute Gasteiger partial charge is 0.169 e. The molecule has 0 radical (unpaired) electrons. The van der Waals surface area contributed by atoms with Gasteiger partial charge in [0.25, 0.3) is 0 Å². The largest absolute Gasteiger partial charge is 0.393 e. The molecule has 0 aromatic heterocycles. The number of rotatable bonds is 15. The number of unbranched alkanes of at least 4 members (excludes halogenated alkanes) is 10. The topological polar surface area (TPSA) is 77.8 Å². The highest BCUT2D eigenvalue weighted by Gasteiger charge is 2.33. The van der Waals surface area contributed by atoms with Crippen molar-refractivity contribution >= 4 is 5.78 Å². The molecule has 0 aliphatic rings. The van der Waals surface area contributed by atoms with Crippen LogP contribution in [0.3, 0.4) is 0 Å². The van der Waals surface area contributed by atoms with Crippen LogP contribution in [0.5, 0.6) is 0 Å². The minimum Gasteiger partial charge on any atom is -0.393 e. The maximum atomic E-state index is 11.6. The highest BCUT2D eigenvalue weighted by molar-refractivity contribution is 5.87. The van der Waals surface area contributed by atoms with E-state index >= 15 is 0 Å². The van der Waals surface area contributed by atoms with Crippen molar-refractivity contribution in [1.82, 2.24) is 0 Å². The number of hydrogen-bond donors (Lipinski definition) is 3. The number of aliphatic hydroxyl groups excluding tert-OH is 2. The van der Waals surface area contributed by atoms with Crippen LogP contribution in [0.4, 0.5) is 0 Å². The fourth-order valence-corrected chi connectivity index (χ4v) is 2.41. The summed E-state index contributed by atoms with van der Waals surface area (Å²) in [7, 11) is 0. The van der Waals surface area contributed by atoms with E-state index < -0.39 is 24.6 Å². The molecular weight excluding hydrogens is 268 g/mol. The van der Waals surface area contributed by atoms with Crippen molar-refractivity contribution in [3.63, 3.8) is 0 Å². The van der Waals surface area contributed by atoms with Crippen molar-refractivity contribution in [2.45, 2.75) is 89.6 Å². The number of Topliss-reactive ketones (excluding diaryl/α,β-unsaturated/α-hetero) is 1. The average molecular weight is 302 g/mol. The van der Waals surface area contributed by atoms with Crippen molar-refractivity contribution in [1.29, 1.82) is 0 Å². The van der Waals surface area contributed by atoms with Gasteiger partial charge in [-0.2, -0.15) is 0 Å². The van der Waals surface area contributed by atoms with Gasteiger partial charge in [0.15, 0.2) is 11.4 Å². The third kappa shape index (κ3) is 9.99. The predicted molar refractivity (Wildman–Crippen MR) is 85.2 cm³/mol. The zero-order chi connectivity index (χ0) is 16.0. The van der Waals surface area contributed by atoms with Gasteiger partial charge in [0, 0.05) is 6.42 Å². The van der Waals surface area contributed by atoms with Crippen LogP contribution < -0.4 is 0 Å². The summed E-state index contributed by atoms with van der Waals surface area (Å²) in [5.74, 6) is -0.455. The molecule has 0 rings (SSSR count). The normalized spacial score (nSPS) is 11.8. The van der Waals surface area contributed by atoms with Crippen molar-refractivity contribution in [3.05, 3.63) is 0 Å². The van der Waals surface area contributed by atoms with Crippen molar-refractivity contribution in [2.24, 2.45) is 0 Å². The first-order chi connectivity index (χ1) is 10.1. The maximum absolute atomic E-state index is 11.6. The van der Waals surface area contributed by atoms with Gasteiger partial charge < -0.3 is 15.3 Å². The first-order valence-electron chi connectivity index (χ1n) is 8.58. The van der Waals surface area contributed by atoms with Gasteiger partial charge in [-0.1, -0.05) is 71.1 Å². The van der Waals surface area contributed by atoms with Crippen molar-refractivity contribution in [2.75, 3.05) is 13.2 Å². The lowest BCUT2D eigenvalue weighted by Crippen LogP contribution is -2.45. The van der Waals surface area contributed by atoms with Crippen molar-refractivity contribution < 1.29 is 20.1 Å². The molecule has 0 fully saturated rings. The Morgan fingerprint density at radius 2 is 1.14 bits per heavy atom. The minimum atomic E-state index is -1.95. The fraction of sp³-hybridized carbons (Fsp3) is 0.941. The van der Waals surface area contributed by atoms with Gasteiger partial charge in [0.05, 0.1) is 13.2 Å². The van der Waals surface area contributed by atoms with E-state index in [4.69, 9.17) is 10.2 Å². The van der Waals surface area contributed by atoms with Gasteiger partial charge in [-0.3, -0.25) is 4.79 Å². The van der Waals surface area contributed by atoms with Crippen LogP contribution in [0.1, 0.15) is 84.0 Å². The number of carbonyl (C=O) groups excluding carboxylic acids is 1. The van der Waals surface area contributed by atoms with E-state index in [0.29, 0.717) is 0 Å².